The highest BCUT2D eigenvalue weighted by Crippen LogP contribution is 2.19. The van der Waals surface area contributed by atoms with E-state index in [2.05, 4.69) is 20.6 Å². The highest BCUT2D eigenvalue weighted by atomic mass is 35.5. The Kier molecular flexibility index (Phi) is 4.48. The van der Waals surface area contributed by atoms with Gasteiger partial charge in [-0.05, 0) is 37.3 Å². The van der Waals surface area contributed by atoms with Crippen LogP contribution < -0.4 is 10.1 Å². The summed E-state index contributed by atoms with van der Waals surface area (Å²) in [6.07, 6.45) is 0. The number of carbonyl (C=O) groups excluding carboxylic acids is 1. The van der Waals surface area contributed by atoms with Gasteiger partial charge in [-0.2, -0.15) is 5.10 Å². The van der Waals surface area contributed by atoms with Gasteiger partial charge in [-0.15, -0.1) is 5.10 Å². The van der Waals surface area contributed by atoms with E-state index in [4.69, 9.17) is 20.8 Å². The van der Waals surface area contributed by atoms with Gasteiger partial charge < -0.3 is 9.15 Å². The van der Waals surface area contributed by atoms with Crippen molar-refractivity contribution >= 4 is 23.5 Å². The summed E-state index contributed by atoms with van der Waals surface area (Å²) in [7, 11) is 1.81. The van der Waals surface area contributed by atoms with Crippen LogP contribution in [0.4, 0.5) is 6.01 Å². The van der Waals surface area contributed by atoms with E-state index in [-0.39, 0.29) is 18.5 Å². The summed E-state index contributed by atoms with van der Waals surface area (Å²) in [6, 6.07) is 8.48. The molecule has 0 saturated heterocycles. The normalized spacial score (nSPS) is 10.6. The average molecular weight is 348 g/mol. The van der Waals surface area contributed by atoms with Gasteiger partial charge in [0, 0.05) is 17.8 Å². The van der Waals surface area contributed by atoms with Crippen LogP contribution in [0.5, 0.6) is 5.75 Å². The molecular weight excluding hydrogens is 334 g/mol. The van der Waals surface area contributed by atoms with Gasteiger partial charge >= 0.3 is 6.01 Å². The summed E-state index contributed by atoms with van der Waals surface area (Å²) >= 11 is 5.78. The second-order valence-corrected chi connectivity index (χ2v) is 5.43. The smallest absolute Gasteiger partial charge is 0.322 e. The van der Waals surface area contributed by atoms with Crippen LogP contribution in [0.3, 0.4) is 0 Å². The molecule has 0 radical (unpaired) electrons. The van der Waals surface area contributed by atoms with E-state index in [0.717, 1.165) is 5.69 Å². The Morgan fingerprint density at radius 1 is 1.33 bits per heavy atom. The van der Waals surface area contributed by atoms with Gasteiger partial charge in [0.15, 0.2) is 6.61 Å². The highest BCUT2D eigenvalue weighted by Gasteiger charge is 2.14. The van der Waals surface area contributed by atoms with Crippen molar-refractivity contribution in [3.63, 3.8) is 0 Å². The van der Waals surface area contributed by atoms with Crippen LogP contribution in [0.1, 0.15) is 5.69 Å². The van der Waals surface area contributed by atoms with Crippen molar-refractivity contribution in [2.45, 2.75) is 6.92 Å². The van der Waals surface area contributed by atoms with Gasteiger partial charge in [0.2, 0.25) is 0 Å². The lowest BCUT2D eigenvalue weighted by Crippen LogP contribution is -2.20. The van der Waals surface area contributed by atoms with Crippen LogP contribution >= 0.6 is 11.6 Å². The quantitative estimate of drug-likeness (QED) is 0.761. The maximum atomic E-state index is 11.8. The summed E-state index contributed by atoms with van der Waals surface area (Å²) in [5.41, 5.74) is 1.49. The number of aryl methyl sites for hydroxylation is 2. The highest BCUT2D eigenvalue weighted by molar-refractivity contribution is 6.30. The molecule has 0 fully saturated rings. The number of carbonyl (C=O) groups is 1. The third-order valence-corrected chi connectivity index (χ3v) is 3.44. The first-order valence-corrected chi connectivity index (χ1v) is 7.42. The van der Waals surface area contributed by atoms with E-state index in [0.29, 0.717) is 16.5 Å². The first-order valence-electron chi connectivity index (χ1n) is 7.04. The molecular formula is C15H14ClN5O3. The molecule has 2 aromatic heterocycles. The molecule has 0 atom stereocenters. The van der Waals surface area contributed by atoms with Gasteiger partial charge in [-0.3, -0.25) is 14.8 Å². The van der Waals surface area contributed by atoms with E-state index in [1.54, 1.807) is 28.9 Å². The molecule has 0 saturated carbocycles. The minimum atomic E-state index is -0.419. The lowest BCUT2D eigenvalue weighted by atomic mass is 10.3. The number of ether oxygens (including phenoxy) is 1. The molecule has 9 heteroatoms. The molecule has 0 unspecified atom stereocenters. The predicted molar refractivity (Wildman–Crippen MR) is 86.8 cm³/mol. The van der Waals surface area contributed by atoms with Crippen molar-refractivity contribution in [1.82, 2.24) is 20.0 Å². The van der Waals surface area contributed by atoms with Crippen molar-refractivity contribution in [1.29, 1.82) is 0 Å². The fourth-order valence-electron chi connectivity index (χ4n) is 1.88. The average Bonchev–Trinajstić information content (AvgIpc) is 3.14. The zero-order chi connectivity index (χ0) is 17.1. The molecule has 1 amide bonds. The van der Waals surface area contributed by atoms with Crippen molar-refractivity contribution in [2.75, 3.05) is 11.9 Å². The van der Waals surface area contributed by atoms with Gasteiger partial charge in [-0.25, -0.2) is 0 Å². The summed E-state index contributed by atoms with van der Waals surface area (Å²) in [5, 5.41) is 14.9. The Labute approximate surface area is 142 Å². The minimum absolute atomic E-state index is 0.0157. The molecule has 0 aliphatic carbocycles. The lowest BCUT2D eigenvalue weighted by molar-refractivity contribution is -0.118. The Balaban J connectivity index is 1.58. The van der Waals surface area contributed by atoms with Crippen LogP contribution in [-0.2, 0) is 11.8 Å². The summed E-state index contributed by atoms with van der Waals surface area (Å²) in [6.45, 7) is 1.71. The largest absolute Gasteiger partial charge is 0.484 e. The molecule has 124 valence electrons. The number of amides is 1. The zero-order valence-corrected chi connectivity index (χ0v) is 13.7. The Morgan fingerprint density at radius 3 is 2.75 bits per heavy atom. The Bertz CT molecular complexity index is 837. The number of hydrogen-bond acceptors (Lipinski definition) is 6. The molecule has 1 N–H and O–H groups in total. The van der Waals surface area contributed by atoms with Crippen molar-refractivity contribution in [3.8, 4) is 17.3 Å². The summed E-state index contributed by atoms with van der Waals surface area (Å²) in [5.74, 6) is 0.342. The van der Waals surface area contributed by atoms with Gasteiger partial charge in [0.05, 0.1) is 0 Å². The fourth-order valence-corrected chi connectivity index (χ4v) is 2.00. The Hall–Kier alpha value is -2.87. The molecule has 24 heavy (non-hydrogen) atoms. The number of nitrogens with one attached hydrogen (secondary N) is 1. The first kappa shape index (κ1) is 16.0. The molecule has 0 aliphatic heterocycles. The topological polar surface area (TPSA) is 95.1 Å². The summed E-state index contributed by atoms with van der Waals surface area (Å²) in [4.78, 5) is 11.8. The van der Waals surface area contributed by atoms with Crippen LogP contribution in [0.25, 0.3) is 11.6 Å². The number of aromatic nitrogens is 4. The molecule has 0 aliphatic rings. The third-order valence-electron chi connectivity index (χ3n) is 3.19. The first-order chi connectivity index (χ1) is 11.5. The van der Waals surface area contributed by atoms with Crippen LogP contribution in [0.2, 0.25) is 5.02 Å². The monoisotopic (exact) mass is 347 g/mol. The predicted octanol–water partition coefficient (Wildman–Crippen LogP) is 2.45. The van der Waals surface area contributed by atoms with Crippen LogP contribution in [0.15, 0.2) is 34.7 Å². The van der Waals surface area contributed by atoms with Crippen molar-refractivity contribution in [2.24, 2.45) is 7.05 Å². The Morgan fingerprint density at radius 2 is 2.08 bits per heavy atom. The molecule has 1 aromatic carbocycles. The maximum absolute atomic E-state index is 11.8. The number of anilines is 1. The number of halogens is 1. The van der Waals surface area contributed by atoms with E-state index >= 15 is 0 Å². The van der Waals surface area contributed by atoms with E-state index in [9.17, 15) is 4.79 Å². The number of nitrogens with zero attached hydrogens (tertiary/aromatic N) is 4. The zero-order valence-electron chi connectivity index (χ0n) is 13.0. The van der Waals surface area contributed by atoms with E-state index in [1.165, 1.54) is 0 Å². The molecule has 3 aromatic rings. The maximum Gasteiger partial charge on any atom is 0.322 e. The molecule has 3 rings (SSSR count). The van der Waals surface area contributed by atoms with Crippen LogP contribution in [0, 0.1) is 6.92 Å². The fraction of sp³-hybridized carbons (Fsp3) is 0.200. The third kappa shape index (κ3) is 3.72. The second-order valence-electron chi connectivity index (χ2n) is 5.00. The van der Waals surface area contributed by atoms with Gasteiger partial charge in [0.25, 0.3) is 11.8 Å². The number of hydrogen-bond donors (Lipinski definition) is 1. The van der Waals surface area contributed by atoms with E-state index < -0.39 is 5.91 Å². The van der Waals surface area contributed by atoms with Crippen LogP contribution in [-0.4, -0.2) is 32.5 Å². The molecule has 0 bridgehead atoms. The SMILES string of the molecule is Cc1cc(-c2nnc(NC(=O)COc3ccc(Cl)cc3)o2)nn1C. The van der Waals surface area contributed by atoms with E-state index in [1.807, 2.05) is 20.0 Å². The minimum Gasteiger partial charge on any atom is -0.484 e. The van der Waals surface area contributed by atoms with Crippen molar-refractivity contribution < 1.29 is 13.9 Å². The standard InChI is InChI=1S/C15H14ClN5O3/c1-9-7-12(20-21(9)2)14-18-19-15(24-14)17-13(22)8-23-11-5-3-10(16)4-6-11/h3-7H,8H2,1-2H3,(H,17,19,22). The number of benzene rings is 1. The second kappa shape index (κ2) is 6.71. The summed E-state index contributed by atoms with van der Waals surface area (Å²) < 4.78 is 12.4. The number of rotatable bonds is 5. The molecule has 8 nitrogen and oxygen atoms in total. The lowest BCUT2D eigenvalue weighted by Gasteiger charge is -2.04. The van der Waals surface area contributed by atoms with Gasteiger partial charge in [0.1, 0.15) is 11.4 Å². The van der Waals surface area contributed by atoms with Gasteiger partial charge in [-0.1, -0.05) is 16.7 Å². The van der Waals surface area contributed by atoms with Crippen molar-refractivity contribution in [3.05, 3.63) is 41.0 Å². The molecule has 2 heterocycles. The molecule has 0 spiro atoms.